The largest absolute Gasteiger partial charge is 0.361 e. The number of hydrogen-bond acceptors (Lipinski definition) is 6. The van der Waals surface area contributed by atoms with Crippen molar-refractivity contribution in [3.8, 4) is 0 Å². The minimum atomic E-state index is -0.214. The quantitative estimate of drug-likeness (QED) is 0.630. The van der Waals surface area contributed by atoms with E-state index in [1.807, 2.05) is 33.2 Å². The van der Waals surface area contributed by atoms with Crippen molar-refractivity contribution in [1.29, 1.82) is 0 Å². The molecule has 2 heterocycles. The summed E-state index contributed by atoms with van der Waals surface area (Å²) in [6, 6.07) is 5.45. The lowest BCUT2D eigenvalue weighted by Crippen LogP contribution is -2.33. The standard InChI is InChI=1S/C18H21ClN4O2S/c1-11-6-7-13(19)16-15(11)20-18(26-16)23(9-5-8-22(3)4)17(24)14-10-12(2)25-21-14/h6-7,10H,5,8-9H2,1-4H3. The molecule has 0 fully saturated rings. The van der Waals surface area contributed by atoms with Crippen LogP contribution in [0, 0.1) is 13.8 Å². The molecule has 0 aliphatic carbocycles. The van der Waals surface area contributed by atoms with E-state index in [-0.39, 0.29) is 11.6 Å². The molecule has 0 radical (unpaired) electrons. The highest BCUT2D eigenvalue weighted by molar-refractivity contribution is 7.23. The molecular formula is C18H21ClN4O2S. The number of amides is 1. The van der Waals surface area contributed by atoms with Crippen LogP contribution >= 0.6 is 22.9 Å². The highest BCUT2D eigenvalue weighted by Crippen LogP contribution is 2.36. The van der Waals surface area contributed by atoms with Gasteiger partial charge in [0.15, 0.2) is 10.8 Å². The van der Waals surface area contributed by atoms with Crippen molar-refractivity contribution in [3.05, 3.63) is 40.2 Å². The third-order valence-corrected chi connectivity index (χ3v) is 5.53. The van der Waals surface area contributed by atoms with Crippen LogP contribution in [-0.4, -0.2) is 48.1 Å². The maximum absolute atomic E-state index is 13.0. The van der Waals surface area contributed by atoms with Gasteiger partial charge in [0.1, 0.15) is 5.76 Å². The summed E-state index contributed by atoms with van der Waals surface area (Å²) in [5, 5.41) is 5.14. The topological polar surface area (TPSA) is 62.5 Å². The Hall–Kier alpha value is -1.96. The van der Waals surface area contributed by atoms with Crippen LogP contribution in [0.2, 0.25) is 5.02 Å². The number of aromatic nitrogens is 2. The lowest BCUT2D eigenvalue weighted by Gasteiger charge is -2.19. The zero-order valence-electron chi connectivity index (χ0n) is 15.2. The summed E-state index contributed by atoms with van der Waals surface area (Å²) < 4.78 is 5.96. The van der Waals surface area contributed by atoms with Gasteiger partial charge >= 0.3 is 0 Å². The first-order chi connectivity index (χ1) is 12.4. The SMILES string of the molecule is Cc1cc(C(=O)N(CCCN(C)C)c2nc3c(C)ccc(Cl)c3s2)no1. The van der Waals surface area contributed by atoms with Gasteiger partial charge in [0.25, 0.3) is 5.91 Å². The highest BCUT2D eigenvalue weighted by Gasteiger charge is 2.24. The van der Waals surface area contributed by atoms with Crippen molar-refractivity contribution in [2.24, 2.45) is 0 Å². The number of anilines is 1. The average Bonchev–Trinajstić information content (AvgIpc) is 3.21. The van der Waals surface area contributed by atoms with Crippen LogP contribution < -0.4 is 4.90 Å². The number of aryl methyl sites for hydroxylation is 2. The Morgan fingerprint density at radius 1 is 1.27 bits per heavy atom. The summed E-state index contributed by atoms with van der Waals surface area (Å²) in [7, 11) is 4.02. The van der Waals surface area contributed by atoms with E-state index in [1.54, 1.807) is 17.9 Å². The van der Waals surface area contributed by atoms with E-state index in [0.717, 1.165) is 28.7 Å². The molecule has 0 atom stereocenters. The Balaban J connectivity index is 1.98. The molecule has 0 aliphatic heterocycles. The maximum Gasteiger partial charge on any atom is 0.282 e. The van der Waals surface area contributed by atoms with Crippen LogP contribution in [0.1, 0.15) is 28.2 Å². The molecule has 0 N–H and O–H groups in total. The van der Waals surface area contributed by atoms with Crippen LogP contribution in [0.4, 0.5) is 5.13 Å². The molecule has 3 rings (SSSR count). The van der Waals surface area contributed by atoms with E-state index in [0.29, 0.717) is 22.5 Å². The first kappa shape index (κ1) is 18.8. The third-order valence-electron chi connectivity index (χ3n) is 4.00. The Kier molecular flexibility index (Phi) is 5.60. The second kappa shape index (κ2) is 7.73. The van der Waals surface area contributed by atoms with Crippen molar-refractivity contribution < 1.29 is 9.32 Å². The molecule has 1 amide bonds. The summed E-state index contributed by atoms with van der Waals surface area (Å²) >= 11 is 7.75. The molecule has 3 aromatic rings. The third kappa shape index (κ3) is 3.90. The van der Waals surface area contributed by atoms with Gasteiger partial charge in [-0.15, -0.1) is 0 Å². The lowest BCUT2D eigenvalue weighted by atomic mass is 10.2. The summed E-state index contributed by atoms with van der Waals surface area (Å²) in [4.78, 5) is 21.4. The Morgan fingerprint density at radius 2 is 2.04 bits per heavy atom. The zero-order chi connectivity index (χ0) is 18.8. The lowest BCUT2D eigenvalue weighted by molar-refractivity contribution is 0.0977. The smallest absolute Gasteiger partial charge is 0.282 e. The van der Waals surface area contributed by atoms with Gasteiger partial charge in [-0.1, -0.05) is 34.2 Å². The summed E-state index contributed by atoms with van der Waals surface area (Å²) in [5.41, 5.74) is 2.15. The van der Waals surface area contributed by atoms with Crippen LogP contribution in [0.25, 0.3) is 10.2 Å². The van der Waals surface area contributed by atoms with E-state index in [4.69, 9.17) is 21.1 Å². The van der Waals surface area contributed by atoms with Gasteiger partial charge in [0.2, 0.25) is 0 Å². The normalized spacial score (nSPS) is 11.5. The fourth-order valence-electron chi connectivity index (χ4n) is 2.64. The number of halogens is 1. The van der Waals surface area contributed by atoms with Crippen LogP contribution in [-0.2, 0) is 0 Å². The van der Waals surface area contributed by atoms with Gasteiger partial charge in [0, 0.05) is 12.6 Å². The second-order valence-electron chi connectivity index (χ2n) is 6.47. The molecular weight excluding hydrogens is 372 g/mol. The molecule has 26 heavy (non-hydrogen) atoms. The minimum Gasteiger partial charge on any atom is -0.361 e. The number of hydrogen-bond donors (Lipinski definition) is 0. The Labute approximate surface area is 161 Å². The van der Waals surface area contributed by atoms with Crippen molar-refractivity contribution in [3.63, 3.8) is 0 Å². The summed E-state index contributed by atoms with van der Waals surface area (Å²) in [6.45, 7) is 5.16. The van der Waals surface area contributed by atoms with Gasteiger partial charge in [-0.25, -0.2) is 4.98 Å². The monoisotopic (exact) mass is 392 g/mol. The first-order valence-corrected chi connectivity index (χ1v) is 9.52. The summed E-state index contributed by atoms with van der Waals surface area (Å²) in [5.74, 6) is 0.387. The van der Waals surface area contributed by atoms with E-state index in [9.17, 15) is 4.79 Å². The predicted octanol–water partition coefficient (Wildman–Crippen LogP) is 4.15. The van der Waals surface area contributed by atoms with Crippen molar-refractivity contribution in [2.75, 3.05) is 32.1 Å². The Bertz CT molecular complexity index is 896. The van der Waals surface area contributed by atoms with Crippen molar-refractivity contribution in [2.45, 2.75) is 20.3 Å². The Morgan fingerprint density at radius 3 is 2.65 bits per heavy atom. The fraction of sp³-hybridized carbons (Fsp3) is 0.389. The molecule has 0 bridgehead atoms. The molecule has 0 unspecified atom stereocenters. The van der Waals surface area contributed by atoms with Gasteiger partial charge in [-0.2, -0.15) is 0 Å². The van der Waals surface area contributed by atoms with E-state index >= 15 is 0 Å². The average molecular weight is 393 g/mol. The molecule has 8 heteroatoms. The van der Waals surface area contributed by atoms with Crippen LogP contribution in [0.3, 0.4) is 0 Å². The molecule has 2 aromatic heterocycles. The first-order valence-electron chi connectivity index (χ1n) is 8.32. The molecule has 0 saturated heterocycles. The van der Waals surface area contributed by atoms with Gasteiger partial charge in [0.05, 0.1) is 15.2 Å². The number of benzene rings is 1. The number of nitrogens with zero attached hydrogens (tertiary/aromatic N) is 4. The van der Waals surface area contributed by atoms with E-state index < -0.39 is 0 Å². The maximum atomic E-state index is 13.0. The van der Waals surface area contributed by atoms with Gasteiger partial charge in [-0.3, -0.25) is 9.69 Å². The van der Waals surface area contributed by atoms with Gasteiger partial charge < -0.3 is 9.42 Å². The number of thiazole rings is 1. The van der Waals surface area contributed by atoms with E-state index in [2.05, 4.69) is 10.1 Å². The molecule has 138 valence electrons. The summed E-state index contributed by atoms with van der Waals surface area (Å²) in [6.07, 6.45) is 0.818. The minimum absolute atomic E-state index is 0.214. The number of carbonyl (C=O) groups excluding carboxylic acids is 1. The highest BCUT2D eigenvalue weighted by atomic mass is 35.5. The second-order valence-corrected chi connectivity index (χ2v) is 7.86. The molecule has 0 aliphatic rings. The van der Waals surface area contributed by atoms with Crippen LogP contribution in [0.15, 0.2) is 22.7 Å². The number of carbonyl (C=O) groups is 1. The number of fused-ring (bicyclic) bond motifs is 1. The predicted molar refractivity (Wildman–Crippen MR) is 105 cm³/mol. The molecule has 6 nitrogen and oxygen atoms in total. The molecule has 0 saturated carbocycles. The molecule has 0 spiro atoms. The van der Waals surface area contributed by atoms with E-state index in [1.165, 1.54) is 11.3 Å². The van der Waals surface area contributed by atoms with Crippen molar-refractivity contribution >= 4 is 44.2 Å². The van der Waals surface area contributed by atoms with Crippen molar-refractivity contribution in [1.82, 2.24) is 15.0 Å². The number of rotatable bonds is 6. The van der Waals surface area contributed by atoms with Gasteiger partial charge in [-0.05, 0) is 52.5 Å². The fourth-order valence-corrected chi connectivity index (χ4v) is 3.98. The van der Waals surface area contributed by atoms with Crippen LogP contribution in [0.5, 0.6) is 0 Å². The zero-order valence-corrected chi connectivity index (χ0v) is 16.8. The molecule has 1 aromatic carbocycles.